The van der Waals surface area contributed by atoms with E-state index in [1.165, 1.54) is 12.7 Å². The highest BCUT2D eigenvalue weighted by atomic mass is 16.3. The quantitative estimate of drug-likeness (QED) is 0.504. The SMILES string of the molecule is O=C(NCC(O)[C@@H]1Cc2ccc(O)cc2CN1)c1cc(NC2CCC2)ncn1. The van der Waals surface area contributed by atoms with Gasteiger partial charge in [-0.1, -0.05) is 6.07 Å². The summed E-state index contributed by atoms with van der Waals surface area (Å²) in [6, 6.07) is 7.16. The molecule has 0 radical (unpaired) electrons. The number of aliphatic hydroxyl groups excluding tert-OH is 1. The third-order valence-electron chi connectivity index (χ3n) is 5.48. The van der Waals surface area contributed by atoms with Crippen molar-refractivity contribution >= 4 is 11.7 Å². The van der Waals surface area contributed by atoms with Crippen LogP contribution in [-0.2, 0) is 13.0 Å². The van der Waals surface area contributed by atoms with Crippen molar-refractivity contribution in [1.82, 2.24) is 20.6 Å². The van der Waals surface area contributed by atoms with Crippen LogP contribution in [-0.4, -0.2) is 50.8 Å². The summed E-state index contributed by atoms with van der Waals surface area (Å²) in [5.74, 6) is 0.557. The summed E-state index contributed by atoms with van der Waals surface area (Å²) in [6.07, 6.45) is 4.73. The minimum Gasteiger partial charge on any atom is -0.508 e. The molecular weight excluding hydrogens is 358 g/mol. The summed E-state index contributed by atoms with van der Waals surface area (Å²) in [5, 5.41) is 29.4. The summed E-state index contributed by atoms with van der Waals surface area (Å²) in [6.45, 7) is 0.695. The van der Waals surface area contributed by atoms with Crippen molar-refractivity contribution in [3.05, 3.63) is 47.4 Å². The van der Waals surface area contributed by atoms with E-state index < -0.39 is 6.10 Å². The van der Waals surface area contributed by atoms with Crippen LogP contribution in [0.3, 0.4) is 0 Å². The number of hydrogen-bond donors (Lipinski definition) is 5. The second-order valence-corrected chi connectivity index (χ2v) is 7.48. The number of aromatic hydroxyl groups is 1. The molecule has 2 aliphatic rings. The molecule has 148 valence electrons. The molecule has 1 aliphatic heterocycles. The number of phenolic OH excluding ortho intramolecular Hbond substituents is 1. The molecule has 1 aromatic heterocycles. The first-order chi connectivity index (χ1) is 13.6. The summed E-state index contributed by atoms with van der Waals surface area (Å²) in [7, 11) is 0. The number of nitrogens with zero attached hydrogens (tertiary/aromatic N) is 2. The zero-order chi connectivity index (χ0) is 19.5. The maximum atomic E-state index is 12.4. The summed E-state index contributed by atoms with van der Waals surface area (Å²) in [4.78, 5) is 20.6. The molecule has 5 N–H and O–H groups in total. The van der Waals surface area contributed by atoms with E-state index >= 15 is 0 Å². The van der Waals surface area contributed by atoms with E-state index in [1.807, 2.05) is 6.07 Å². The minimum absolute atomic E-state index is 0.124. The monoisotopic (exact) mass is 383 g/mol. The van der Waals surface area contributed by atoms with Gasteiger partial charge < -0.3 is 26.2 Å². The molecule has 1 aliphatic carbocycles. The van der Waals surface area contributed by atoms with Crippen molar-refractivity contribution < 1.29 is 15.0 Å². The van der Waals surface area contributed by atoms with Crippen molar-refractivity contribution in [2.75, 3.05) is 11.9 Å². The number of anilines is 1. The van der Waals surface area contributed by atoms with Crippen molar-refractivity contribution in [1.29, 1.82) is 0 Å². The molecule has 4 rings (SSSR count). The molecule has 0 bridgehead atoms. The highest BCUT2D eigenvalue weighted by Crippen LogP contribution is 2.23. The Kier molecular flexibility index (Phi) is 5.40. The first-order valence-corrected chi connectivity index (χ1v) is 9.67. The first-order valence-electron chi connectivity index (χ1n) is 9.67. The van der Waals surface area contributed by atoms with Crippen molar-refractivity contribution in [2.45, 2.75) is 50.4 Å². The predicted molar refractivity (Wildman–Crippen MR) is 104 cm³/mol. The van der Waals surface area contributed by atoms with E-state index in [-0.39, 0.29) is 29.9 Å². The number of phenols is 1. The van der Waals surface area contributed by atoms with Gasteiger partial charge in [0.05, 0.1) is 6.10 Å². The van der Waals surface area contributed by atoms with Crippen LogP contribution >= 0.6 is 0 Å². The zero-order valence-corrected chi connectivity index (χ0v) is 15.6. The third-order valence-corrected chi connectivity index (χ3v) is 5.48. The summed E-state index contributed by atoms with van der Waals surface area (Å²) >= 11 is 0. The Balaban J connectivity index is 1.31. The number of benzene rings is 1. The van der Waals surface area contributed by atoms with E-state index in [0.29, 0.717) is 24.8 Å². The normalized spacial score (nSPS) is 20.0. The first kappa shape index (κ1) is 18.6. The molecule has 8 nitrogen and oxygen atoms in total. The fourth-order valence-electron chi connectivity index (χ4n) is 3.55. The number of amides is 1. The lowest BCUT2D eigenvalue weighted by molar-refractivity contribution is 0.0865. The largest absolute Gasteiger partial charge is 0.508 e. The molecule has 28 heavy (non-hydrogen) atoms. The van der Waals surface area contributed by atoms with Crippen LogP contribution in [0.2, 0.25) is 0 Å². The molecule has 2 heterocycles. The third kappa shape index (κ3) is 4.23. The average Bonchev–Trinajstić information content (AvgIpc) is 2.68. The van der Waals surface area contributed by atoms with Crippen LogP contribution in [0.4, 0.5) is 5.82 Å². The fourth-order valence-corrected chi connectivity index (χ4v) is 3.55. The Morgan fingerprint density at radius 1 is 1.25 bits per heavy atom. The van der Waals surface area contributed by atoms with Gasteiger partial charge in [-0.15, -0.1) is 0 Å². The van der Waals surface area contributed by atoms with Gasteiger partial charge in [-0.25, -0.2) is 9.97 Å². The lowest BCUT2D eigenvalue weighted by Gasteiger charge is -2.30. The second-order valence-electron chi connectivity index (χ2n) is 7.48. The molecule has 2 aromatic rings. The molecule has 1 fully saturated rings. The van der Waals surface area contributed by atoms with Crippen molar-refractivity contribution in [3.63, 3.8) is 0 Å². The zero-order valence-electron chi connectivity index (χ0n) is 15.6. The smallest absolute Gasteiger partial charge is 0.270 e. The van der Waals surface area contributed by atoms with E-state index in [1.54, 1.807) is 18.2 Å². The van der Waals surface area contributed by atoms with Crippen LogP contribution in [0.15, 0.2) is 30.6 Å². The number of aromatic nitrogens is 2. The molecule has 2 atom stereocenters. The van der Waals surface area contributed by atoms with Crippen LogP contribution in [0.5, 0.6) is 5.75 Å². The van der Waals surface area contributed by atoms with Crippen LogP contribution in [0.25, 0.3) is 0 Å². The molecule has 1 aromatic carbocycles. The molecular formula is C20H25N5O3. The van der Waals surface area contributed by atoms with Gasteiger partial charge in [-0.05, 0) is 48.9 Å². The molecule has 0 spiro atoms. The van der Waals surface area contributed by atoms with Gasteiger partial charge in [0.25, 0.3) is 5.91 Å². The van der Waals surface area contributed by atoms with E-state index in [4.69, 9.17) is 0 Å². The molecule has 8 heteroatoms. The number of carbonyl (C=O) groups excluding carboxylic acids is 1. The minimum atomic E-state index is -0.736. The number of hydrogen-bond acceptors (Lipinski definition) is 7. The summed E-state index contributed by atoms with van der Waals surface area (Å²) < 4.78 is 0. The Morgan fingerprint density at radius 3 is 2.89 bits per heavy atom. The Bertz CT molecular complexity index is 855. The number of carbonyl (C=O) groups is 1. The van der Waals surface area contributed by atoms with Gasteiger partial charge in [0.15, 0.2) is 0 Å². The van der Waals surface area contributed by atoms with Gasteiger partial charge in [0.1, 0.15) is 23.6 Å². The second kappa shape index (κ2) is 8.12. The van der Waals surface area contributed by atoms with Gasteiger partial charge in [0, 0.05) is 31.2 Å². The van der Waals surface area contributed by atoms with Gasteiger partial charge >= 0.3 is 0 Å². The summed E-state index contributed by atoms with van der Waals surface area (Å²) in [5.41, 5.74) is 2.40. The molecule has 0 saturated heterocycles. The van der Waals surface area contributed by atoms with Crippen LogP contribution < -0.4 is 16.0 Å². The molecule has 1 saturated carbocycles. The molecule has 1 amide bonds. The number of fused-ring (bicyclic) bond motifs is 1. The number of rotatable bonds is 6. The Morgan fingerprint density at radius 2 is 2.11 bits per heavy atom. The number of nitrogens with one attached hydrogen (secondary N) is 3. The van der Waals surface area contributed by atoms with Gasteiger partial charge in [-0.3, -0.25) is 4.79 Å². The van der Waals surface area contributed by atoms with Crippen LogP contribution in [0.1, 0.15) is 40.9 Å². The number of aliphatic hydroxyl groups is 1. The highest BCUT2D eigenvalue weighted by Gasteiger charge is 2.25. The molecule has 1 unspecified atom stereocenters. The van der Waals surface area contributed by atoms with E-state index in [9.17, 15) is 15.0 Å². The predicted octanol–water partition coefficient (Wildman–Crippen LogP) is 0.952. The van der Waals surface area contributed by atoms with Gasteiger partial charge in [-0.2, -0.15) is 0 Å². The maximum absolute atomic E-state index is 12.4. The Labute approximate surface area is 163 Å². The standard InChI is InChI=1S/C20H25N5O3/c26-15-5-4-12-7-16(21-9-13(12)6-15)18(27)10-22-20(28)17-8-19(24-11-23-17)25-14-2-1-3-14/h4-6,8,11,14,16,18,21,26-27H,1-3,7,9-10H2,(H,22,28)(H,23,24,25)/t16-,18?/m0/s1. The van der Waals surface area contributed by atoms with Crippen LogP contribution in [0, 0.1) is 0 Å². The van der Waals surface area contributed by atoms with Crippen molar-refractivity contribution in [2.24, 2.45) is 0 Å². The highest BCUT2D eigenvalue weighted by molar-refractivity contribution is 5.92. The van der Waals surface area contributed by atoms with E-state index in [2.05, 4.69) is 25.9 Å². The van der Waals surface area contributed by atoms with E-state index in [0.717, 1.165) is 24.0 Å². The van der Waals surface area contributed by atoms with Gasteiger partial charge in [0.2, 0.25) is 0 Å². The Hall–Kier alpha value is -2.71. The maximum Gasteiger partial charge on any atom is 0.270 e. The van der Waals surface area contributed by atoms with Crippen molar-refractivity contribution in [3.8, 4) is 5.75 Å². The average molecular weight is 383 g/mol. The topological polar surface area (TPSA) is 119 Å². The fraction of sp³-hybridized carbons (Fsp3) is 0.450. The lowest BCUT2D eigenvalue weighted by atomic mass is 9.92. The lowest BCUT2D eigenvalue weighted by Crippen LogP contribution is -2.49.